The van der Waals surface area contributed by atoms with E-state index in [1.165, 1.54) is 12.3 Å². The van der Waals surface area contributed by atoms with Crippen molar-refractivity contribution in [1.29, 1.82) is 0 Å². The van der Waals surface area contributed by atoms with Gasteiger partial charge in [0.25, 0.3) is 0 Å². The van der Waals surface area contributed by atoms with Crippen LogP contribution in [-0.2, 0) is 4.79 Å². The molecular formula is C12H16FN3O. The first-order chi connectivity index (χ1) is 8.28. The van der Waals surface area contributed by atoms with Crippen LogP contribution in [0.15, 0.2) is 18.3 Å². The molecule has 0 bridgehead atoms. The second-order valence-electron chi connectivity index (χ2n) is 4.35. The highest BCUT2D eigenvalue weighted by Crippen LogP contribution is 2.15. The summed E-state index contributed by atoms with van der Waals surface area (Å²) in [7, 11) is 0. The molecule has 0 radical (unpaired) electrons. The summed E-state index contributed by atoms with van der Waals surface area (Å²) in [6, 6.07) is 3.00. The molecule has 0 aliphatic carbocycles. The van der Waals surface area contributed by atoms with Crippen molar-refractivity contribution in [2.45, 2.75) is 12.8 Å². The van der Waals surface area contributed by atoms with Crippen molar-refractivity contribution in [3.05, 3.63) is 24.1 Å². The molecule has 4 nitrogen and oxygen atoms in total. The Labute approximate surface area is 99.8 Å². The highest BCUT2D eigenvalue weighted by molar-refractivity contribution is 5.47. The minimum Gasteiger partial charge on any atom is -0.370 e. The predicted molar refractivity (Wildman–Crippen MR) is 63.0 cm³/mol. The number of carbonyl (C=O) groups is 1. The van der Waals surface area contributed by atoms with Crippen molar-refractivity contribution in [3.63, 3.8) is 0 Å². The van der Waals surface area contributed by atoms with Gasteiger partial charge < -0.3 is 10.2 Å². The Balaban J connectivity index is 1.81. The summed E-state index contributed by atoms with van der Waals surface area (Å²) in [5.41, 5.74) is 0. The molecule has 0 saturated carbocycles. The third-order valence-corrected chi connectivity index (χ3v) is 3.00. The van der Waals surface area contributed by atoms with Crippen LogP contribution in [0.25, 0.3) is 0 Å². The SMILES string of the molecule is O=CN1CCC[C@H](CNc2ccc(F)cn2)C1. The fourth-order valence-electron chi connectivity index (χ4n) is 2.09. The third kappa shape index (κ3) is 3.41. The zero-order chi connectivity index (χ0) is 12.1. The highest BCUT2D eigenvalue weighted by Gasteiger charge is 2.18. The maximum atomic E-state index is 12.6. The molecule has 1 aromatic rings. The quantitative estimate of drug-likeness (QED) is 0.807. The molecule has 2 heterocycles. The summed E-state index contributed by atoms with van der Waals surface area (Å²) < 4.78 is 12.6. The normalized spacial score (nSPS) is 20.1. The fraction of sp³-hybridized carbons (Fsp3) is 0.500. The molecule has 17 heavy (non-hydrogen) atoms. The molecule has 1 N–H and O–H groups in total. The maximum Gasteiger partial charge on any atom is 0.209 e. The first-order valence-corrected chi connectivity index (χ1v) is 5.82. The number of anilines is 1. The van der Waals surface area contributed by atoms with Crippen LogP contribution in [0.2, 0.25) is 0 Å². The van der Waals surface area contributed by atoms with Gasteiger partial charge in [-0.2, -0.15) is 0 Å². The number of pyridine rings is 1. The van der Waals surface area contributed by atoms with Gasteiger partial charge in [-0.05, 0) is 30.9 Å². The van der Waals surface area contributed by atoms with Crippen LogP contribution < -0.4 is 5.32 Å². The molecule has 0 unspecified atom stereocenters. The average molecular weight is 237 g/mol. The smallest absolute Gasteiger partial charge is 0.209 e. The summed E-state index contributed by atoms with van der Waals surface area (Å²) in [6.07, 6.45) is 4.25. The van der Waals surface area contributed by atoms with E-state index in [9.17, 15) is 9.18 Å². The van der Waals surface area contributed by atoms with E-state index in [-0.39, 0.29) is 5.82 Å². The molecule has 1 atom stereocenters. The van der Waals surface area contributed by atoms with Crippen LogP contribution in [0.3, 0.4) is 0 Å². The number of nitrogens with zero attached hydrogens (tertiary/aromatic N) is 2. The number of likely N-dealkylation sites (tertiary alicyclic amines) is 1. The van der Waals surface area contributed by atoms with Crippen molar-refractivity contribution in [2.24, 2.45) is 5.92 Å². The van der Waals surface area contributed by atoms with Gasteiger partial charge in [0.15, 0.2) is 0 Å². The molecule has 1 fully saturated rings. The van der Waals surface area contributed by atoms with Crippen molar-refractivity contribution >= 4 is 12.2 Å². The van der Waals surface area contributed by atoms with Crippen LogP contribution >= 0.6 is 0 Å². The van der Waals surface area contributed by atoms with Crippen LogP contribution in [-0.4, -0.2) is 35.9 Å². The molecule has 0 aromatic carbocycles. The van der Waals surface area contributed by atoms with Gasteiger partial charge in [-0.15, -0.1) is 0 Å². The zero-order valence-corrected chi connectivity index (χ0v) is 9.60. The summed E-state index contributed by atoms with van der Waals surface area (Å²) in [4.78, 5) is 16.4. The second-order valence-corrected chi connectivity index (χ2v) is 4.35. The number of rotatable bonds is 4. The van der Waals surface area contributed by atoms with Gasteiger partial charge >= 0.3 is 0 Å². The summed E-state index contributed by atoms with van der Waals surface area (Å²) >= 11 is 0. The van der Waals surface area contributed by atoms with Crippen molar-refractivity contribution in [3.8, 4) is 0 Å². The third-order valence-electron chi connectivity index (χ3n) is 3.00. The Hall–Kier alpha value is -1.65. The Bertz CT molecular complexity index is 369. The van der Waals surface area contributed by atoms with Gasteiger partial charge in [0.1, 0.15) is 11.6 Å². The summed E-state index contributed by atoms with van der Waals surface area (Å²) in [5.74, 6) is 0.788. The molecule has 0 spiro atoms. The van der Waals surface area contributed by atoms with Gasteiger partial charge in [-0.25, -0.2) is 9.37 Å². The molecule has 1 aromatic heterocycles. The van der Waals surface area contributed by atoms with E-state index in [2.05, 4.69) is 10.3 Å². The van der Waals surface area contributed by atoms with E-state index in [0.717, 1.165) is 38.9 Å². The lowest BCUT2D eigenvalue weighted by molar-refractivity contribution is -0.119. The Morgan fingerprint density at radius 2 is 2.47 bits per heavy atom. The molecule has 1 aliphatic heterocycles. The largest absolute Gasteiger partial charge is 0.370 e. The topological polar surface area (TPSA) is 45.2 Å². The number of carbonyl (C=O) groups excluding carboxylic acids is 1. The molecule has 1 saturated heterocycles. The first kappa shape index (κ1) is 11.8. The number of nitrogens with one attached hydrogen (secondary N) is 1. The molecule has 1 amide bonds. The van der Waals surface area contributed by atoms with Crippen molar-refractivity contribution in [2.75, 3.05) is 25.0 Å². The second kappa shape index (κ2) is 5.61. The fourth-order valence-corrected chi connectivity index (χ4v) is 2.09. The van der Waals surface area contributed by atoms with E-state index >= 15 is 0 Å². The minimum absolute atomic E-state index is 0.333. The number of hydrogen-bond acceptors (Lipinski definition) is 3. The highest BCUT2D eigenvalue weighted by atomic mass is 19.1. The van der Waals surface area contributed by atoms with E-state index in [1.807, 2.05) is 0 Å². The van der Waals surface area contributed by atoms with E-state index in [1.54, 1.807) is 11.0 Å². The van der Waals surface area contributed by atoms with Crippen LogP contribution in [0.4, 0.5) is 10.2 Å². The molecule has 2 rings (SSSR count). The lowest BCUT2D eigenvalue weighted by Crippen LogP contribution is -2.37. The lowest BCUT2D eigenvalue weighted by Gasteiger charge is -2.30. The standard InChI is InChI=1S/C12H16FN3O/c13-11-3-4-12(15-7-11)14-6-10-2-1-5-16(8-10)9-17/h3-4,7,9-10H,1-2,5-6,8H2,(H,14,15)/t10-/m1/s1. The Morgan fingerprint density at radius 1 is 1.59 bits per heavy atom. The molecule has 1 aliphatic rings. The van der Waals surface area contributed by atoms with Crippen molar-refractivity contribution < 1.29 is 9.18 Å². The Morgan fingerprint density at radius 3 is 3.18 bits per heavy atom. The Kier molecular flexibility index (Phi) is 3.90. The number of aromatic nitrogens is 1. The summed E-state index contributed by atoms with van der Waals surface area (Å²) in [5, 5.41) is 3.17. The van der Waals surface area contributed by atoms with Gasteiger partial charge in [0, 0.05) is 19.6 Å². The van der Waals surface area contributed by atoms with Crippen LogP contribution in [0.5, 0.6) is 0 Å². The van der Waals surface area contributed by atoms with Crippen LogP contribution in [0, 0.1) is 11.7 Å². The first-order valence-electron chi connectivity index (χ1n) is 5.82. The summed E-state index contributed by atoms with van der Waals surface area (Å²) in [6.45, 7) is 2.41. The van der Waals surface area contributed by atoms with E-state index in [0.29, 0.717) is 11.7 Å². The van der Waals surface area contributed by atoms with E-state index < -0.39 is 0 Å². The van der Waals surface area contributed by atoms with Crippen LogP contribution in [0.1, 0.15) is 12.8 Å². The van der Waals surface area contributed by atoms with Gasteiger partial charge in [-0.1, -0.05) is 0 Å². The predicted octanol–water partition coefficient (Wildman–Crippen LogP) is 1.50. The van der Waals surface area contributed by atoms with Gasteiger partial charge in [0.05, 0.1) is 6.20 Å². The minimum atomic E-state index is -0.333. The monoisotopic (exact) mass is 237 g/mol. The number of halogens is 1. The maximum absolute atomic E-state index is 12.6. The van der Waals surface area contributed by atoms with Gasteiger partial charge in [-0.3, -0.25) is 4.79 Å². The van der Waals surface area contributed by atoms with Gasteiger partial charge in [0.2, 0.25) is 6.41 Å². The molecule has 92 valence electrons. The number of amides is 1. The average Bonchev–Trinajstić information content (AvgIpc) is 2.38. The zero-order valence-electron chi connectivity index (χ0n) is 9.60. The molecule has 5 heteroatoms. The number of hydrogen-bond donors (Lipinski definition) is 1. The van der Waals surface area contributed by atoms with Crippen molar-refractivity contribution in [1.82, 2.24) is 9.88 Å². The van der Waals surface area contributed by atoms with E-state index in [4.69, 9.17) is 0 Å². The molecular weight excluding hydrogens is 221 g/mol. The number of piperidine rings is 1. The lowest BCUT2D eigenvalue weighted by atomic mass is 9.98.